The number of piperazine rings is 1. The summed E-state index contributed by atoms with van der Waals surface area (Å²) in [6.07, 6.45) is 2.71. The van der Waals surface area contributed by atoms with Crippen LogP contribution in [-0.2, 0) is 16.0 Å². The van der Waals surface area contributed by atoms with E-state index >= 15 is 0 Å². The van der Waals surface area contributed by atoms with Crippen molar-refractivity contribution >= 4 is 23.1 Å². The first-order valence-corrected chi connectivity index (χ1v) is 10.1. The van der Waals surface area contributed by atoms with Crippen LogP contribution < -0.4 is 5.32 Å². The minimum atomic E-state index is -0.0565. The Bertz CT molecular complexity index is 851. The van der Waals surface area contributed by atoms with Gasteiger partial charge in [-0.2, -0.15) is 0 Å². The van der Waals surface area contributed by atoms with Gasteiger partial charge in [0.15, 0.2) is 0 Å². The first-order chi connectivity index (χ1) is 14.0. The van der Waals surface area contributed by atoms with E-state index in [0.29, 0.717) is 0 Å². The summed E-state index contributed by atoms with van der Waals surface area (Å²) in [5, 5.41) is 2.79. The molecule has 152 valence electrons. The number of anilines is 1. The van der Waals surface area contributed by atoms with Gasteiger partial charge >= 0.3 is 0 Å². The zero-order valence-corrected chi connectivity index (χ0v) is 17.2. The van der Waals surface area contributed by atoms with Crippen molar-refractivity contribution in [2.24, 2.45) is 0 Å². The van der Waals surface area contributed by atoms with Crippen molar-refractivity contribution in [2.45, 2.75) is 20.3 Å². The zero-order chi connectivity index (χ0) is 20.6. The summed E-state index contributed by atoms with van der Waals surface area (Å²) < 4.78 is 0. The lowest BCUT2D eigenvalue weighted by Crippen LogP contribution is -2.48. The number of hydrogen-bond acceptors (Lipinski definition) is 3. The summed E-state index contributed by atoms with van der Waals surface area (Å²) in [6, 6.07) is 18.0. The van der Waals surface area contributed by atoms with Crippen LogP contribution >= 0.6 is 0 Å². The maximum Gasteiger partial charge on any atom is 0.246 e. The molecule has 1 saturated heterocycles. The van der Waals surface area contributed by atoms with Crippen molar-refractivity contribution in [1.82, 2.24) is 9.80 Å². The molecule has 2 aromatic carbocycles. The van der Waals surface area contributed by atoms with Crippen LogP contribution in [0.3, 0.4) is 0 Å². The summed E-state index contributed by atoms with van der Waals surface area (Å²) in [7, 11) is 0. The van der Waals surface area contributed by atoms with Crippen LogP contribution in [0, 0.1) is 0 Å². The van der Waals surface area contributed by atoms with E-state index < -0.39 is 0 Å². The highest BCUT2D eigenvalue weighted by atomic mass is 16.2. The van der Waals surface area contributed by atoms with Gasteiger partial charge in [0.1, 0.15) is 0 Å². The number of amides is 2. The van der Waals surface area contributed by atoms with Crippen LogP contribution in [0.5, 0.6) is 0 Å². The normalized spacial score (nSPS) is 15.2. The van der Waals surface area contributed by atoms with E-state index in [9.17, 15) is 9.59 Å². The molecule has 2 aromatic rings. The molecule has 29 heavy (non-hydrogen) atoms. The van der Waals surface area contributed by atoms with Gasteiger partial charge in [0.25, 0.3) is 0 Å². The molecule has 0 aliphatic carbocycles. The summed E-state index contributed by atoms with van der Waals surface area (Å²) in [5.74, 6) is 0.0403. The molecule has 0 aromatic heterocycles. The minimum absolute atomic E-state index is 0.0565. The molecule has 1 heterocycles. The Morgan fingerprint density at radius 2 is 1.59 bits per heavy atom. The van der Waals surface area contributed by atoms with Gasteiger partial charge in [-0.15, -0.1) is 0 Å². The van der Waals surface area contributed by atoms with Crippen LogP contribution in [-0.4, -0.2) is 54.3 Å². The predicted molar refractivity (Wildman–Crippen MR) is 118 cm³/mol. The van der Waals surface area contributed by atoms with Crippen molar-refractivity contribution < 1.29 is 9.59 Å². The first kappa shape index (κ1) is 20.8. The molecule has 2 amide bonds. The fourth-order valence-corrected chi connectivity index (χ4v) is 3.50. The Balaban J connectivity index is 1.44. The highest BCUT2D eigenvalue weighted by Gasteiger charge is 2.19. The number of rotatable bonds is 6. The molecule has 1 aliphatic rings. The fraction of sp³-hybridized carbons (Fsp3) is 0.333. The van der Waals surface area contributed by atoms with E-state index in [1.807, 2.05) is 54.3 Å². The molecule has 1 N–H and O–H groups in total. The van der Waals surface area contributed by atoms with Gasteiger partial charge < -0.3 is 10.2 Å². The highest BCUT2D eigenvalue weighted by molar-refractivity contribution is 5.95. The number of nitrogens with one attached hydrogen (secondary N) is 1. The third-order valence-electron chi connectivity index (χ3n) is 5.24. The molecular weight excluding hydrogens is 362 g/mol. The fourth-order valence-electron chi connectivity index (χ4n) is 3.50. The maximum absolute atomic E-state index is 12.6. The smallest absolute Gasteiger partial charge is 0.246 e. The van der Waals surface area contributed by atoms with E-state index in [1.54, 1.807) is 6.08 Å². The third kappa shape index (κ3) is 6.29. The van der Waals surface area contributed by atoms with Crippen molar-refractivity contribution in [3.8, 4) is 0 Å². The van der Waals surface area contributed by atoms with E-state index in [-0.39, 0.29) is 11.8 Å². The molecule has 0 saturated carbocycles. The second-order valence-electron chi connectivity index (χ2n) is 7.49. The Kier molecular flexibility index (Phi) is 7.19. The molecule has 1 aliphatic heterocycles. The van der Waals surface area contributed by atoms with Gasteiger partial charge in [0.2, 0.25) is 11.8 Å². The quantitative estimate of drug-likeness (QED) is 0.768. The SMILES string of the molecule is CC(=O)Nc1ccc(CCN2CCN(C(=O)/C=C(\C)c3ccccc3)CC2)cc1. The van der Waals surface area contributed by atoms with Crippen LogP contribution in [0.2, 0.25) is 0 Å². The second kappa shape index (κ2) is 10.0. The number of allylic oxidation sites excluding steroid dienone is 1. The summed E-state index contributed by atoms with van der Waals surface area (Å²) in [4.78, 5) is 28.0. The van der Waals surface area contributed by atoms with Crippen molar-refractivity contribution in [2.75, 3.05) is 38.0 Å². The number of benzene rings is 2. The van der Waals surface area contributed by atoms with Gasteiger partial charge in [-0.25, -0.2) is 0 Å². The molecule has 0 radical (unpaired) electrons. The lowest BCUT2D eigenvalue weighted by Gasteiger charge is -2.34. The molecule has 5 heteroatoms. The van der Waals surface area contributed by atoms with Crippen molar-refractivity contribution in [3.05, 3.63) is 71.8 Å². The van der Waals surface area contributed by atoms with Crippen molar-refractivity contribution in [3.63, 3.8) is 0 Å². The Morgan fingerprint density at radius 3 is 2.21 bits per heavy atom. The lowest BCUT2D eigenvalue weighted by atomic mass is 10.1. The van der Waals surface area contributed by atoms with E-state index in [2.05, 4.69) is 22.3 Å². The lowest BCUT2D eigenvalue weighted by molar-refractivity contribution is -0.127. The number of nitrogens with zero attached hydrogens (tertiary/aromatic N) is 2. The van der Waals surface area contributed by atoms with Crippen LogP contribution in [0.1, 0.15) is 25.0 Å². The minimum Gasteiger partial charge on any atom is -0.337 e. The molecule has 0 unspecified atom stereocenters. The average molecular weight is 392 g/mol. The Labute approximate surface area is 173 Å². The van der Waals surface area contributed by atoms with Crippen LogP contribution in [0.25, 0.3) is 5.57 Å². The van der Waals surface area contributed by atoms with Crippen LogP contribution in [0.15, 0.2) is 60.7 Å². The van der Waals surface area contributed by atoms with E-state index in [0.717, 1.165) is 56.0 Å². The summed E-state index contributed by atoms with van der Waals surface area (Å²) in [5.41, 5.74) is 4.16. The zero-order valence-electron chi connectivity index (χ0n) is 17.2. The average Bonchev–Trinajstić information content (AvgIpc) is 2.74. The molecule has 5 nitrogen and oxygen atoms in total. The molecule has 0 bridgehead atoms. The van der Waals surface area contributed by atoms with Gasteiger partial charge in [-0.05, 0) is 42.2 Å². The first-order valence-electron chi connectivity index (χ1n) is 10.1. The Hall–Kier alpha value is -2.92. The third-order valence-corrected chi connectivity index (χ3v) is 5.24. The maximum atomic E-state index is 12.6. The number of hydrogen-bond donors (Lipinski definition) is 1. The highest BCUT2D eigenvalue weighted by Crippen LogP contribution is 2.14. The number of carbonyl (C=O) groups excluding carboxylic acids is 2. The van der Waals surface area contributed by atoms with Gasteiger partial charge in [-0.3, -0.25) is 14.5 Å². The van der Waals surface area contributed by atoms with Gasteiger partial charge in [-0.1, -0.05) is 42.5 Å². The molecule has 3 rings (SSSR count). The van der Waals surface area contributed by atoms with Gasteiger partial charge in [0, 0.05) is 51.4 Å². The molecular formula is C24H29N3O2. The monoisotopic (exact) mass is 391 g/mol. The van der Waals surface area contributed by atoms with Crippen LogP contribution in [0.4, 0.5) is 5.69 Å². The largest absolute Gasteiger partial charge is 0.337 e. The van der Waals surface area contributed by atoms with Crippen molar-refractivity contribution in [1.29, 1.82) is 0 Å². The topological polar surface area (TPSA) is 52.7 Å². The molecule has 1 fully saturated rings. The van der Waals surface area contributed by atoms with E-state index in [4.69, 9.17) is 0 Å². The van der Waals surface area contributed by atoms with Gasteiger partial charge in [0.05, 0.1) is 0 Å². The standard InChI is InChI=1S/C24H29N3O2/c1-19(22-6-4-3-5-7-22)18-24(29)27-16-14-26(15-17-27)13-12-21-8-10-23(11-9-21)25-20(2)28/h3-11,18H,12-17H2,1-2H3,(H,25,28)/b19-18+. The summed E-state index contributed by atoms with van der Waals surface area (Å²) >= 11 is 0. The predicted octanol–water partition coefficient (Wildman–Crippen LogP) is 3.44. The second-order valence-corrected chi connectivity index (χ2v) is 7.49. The Morgan fingerprint density at radius 1 is 0.931 bits per heavy atom. The summed E-state index contributed by atoms with van der Waals surface area (Å²) in [6.45, 7) is 7.79. The molecule has 0 spiro atoms. The number of carbonyl (C=O) groups is 2. The van der Waals surface area contributed by atoms with E-state index in [1.165, 1.54) is 12.5 Å². The molecule has 0 atom stereocenters.